The third-order valence-electron chi connectivity index (χ3n) is 2.80. The number of hydrogen-bond acceptors (Lipinski definition) is 2. The van der Waals surface area contributed by atoms with Crippen LogP contribution in [0, 0.1) is 17.5 Å². The zero-order valence-electron chi connectivity index (χ0n) is 11.3. The predicted octanol–water partition coefficient (Wildman–Crippen LogP) is 4.12. The van der Waals surface area contributed by atoms with Crippen LogP contribution in [0.4, 0.5) is 13.2 Å². The van der Waals surface area contributed by atoms with Gasteiger partial charge in [0.05, 0.1) is 12.2 Å². The first-order valence-electron chi connectivity index (χ1n) is 6.45. The normalized spacial score (nSPS) is 10.5. The molecule has 0 aliphatic carbocycles. The maximum absolute atomic E-state index is 13.6. The number of hydrogen-bond donors (Lipinski definition) is 0. The summed E-state index contributed by atoms with van der Waals surface area (Å²) in [7, 11) is 0. The van der Waals surface area contributed by atoms with Crippen LogP contribution in [0.5, 0.6) is 5.75 Å². The molecule has 0 saturated carbocycles. The Balaban J connectivity index is 2.36. The van der Waals surface area contributed by atoms with Crippen LogP contribution in [-0.4, -0.2) is 12.4 Å². The number of halogens is 3. The summed E-state index contributed by atoms with van der Waals surface area (Å²) in [6.45, 7) is 2.40. The van der Waals surface area contributed by atoms with Crippen molar-refractivity contribution >= 4 is 5.78 Å². The molecule has 0 aliphatic heterocycles. The fourth-order valence-corrected chi connectivity index (χ4v) is 1.85. The topological polar surface area (TPSA) is 26.3 Å². The molecule has 0 radical (unpaired) electrons. The Labute approximate surface area is 120 Å². The van der Waals surface area contributed by atoms with E-state index in [2.05, 4.69) is 0 Å². The van der Waals surface area contributed by atoms with Gasteiger partial charge >= 0.3 is 0 Å². The van der Waals surface area contributed by atoms with Gasteiger partial charge in [-0.25, -0.2) is 13.2 Å². The van der Waals surface area contributed by atoms with Gasteiger partial charge in [-0.3, -0.25) is 4.79 Å². The van der Waals surface area contributed by atoms with Gasteiger partial charge < -0.3 is 4.74 Å². The van der Waals surface area contributed by atoms with Crippen molar-refractivity contribution < 1.29 is 22.7 Å². The highest BCUT2D eigenvalue weighted by Gasteiger charge is 2.20. The zero-order chi connectivity index (χ0) is 15.4. The van der Waals surface area contributed by atoms with Crippen LogP contribution in [0.15, 0.2) is 36.4 Å². The molecule has 2 nitrogen and oxygen atoms in total. The van der Waals surface area contributed by atoms with E-state index < -0.39 is 28.8 Å². The van der Waals surface area contributed by atoms with Gasteiger partial charge in [0.1, 0.15) is 23.2 Å². The molecular formula is C16H13F3O2. The van der Waals surface area contributed by atoms with Crippen molar-refractivity contribution in [2.24, 2.45) is 0 Å². The lowest BCUT2D eigenvalue weighted by Crippen LogP contribution is -2.08. The van der Waals surface area contributed by atoms with E-state index in [-0.39, 0.29) is 5.56 Å². The number of ketones is 1. The molecule has 5 heteroatoms. The fraction of sp³-hybridized carbons (Fsp3) is 0.188. The summed E-state index contributed by atoms with van der Waals surface area (Å²) in [5.74, 6) is -3.94. The third-order valence-corrected chi connectivity index (χ3v) is 2.80. The maximum atomic E-state index is 13.6. The molecule has 21 heavy (non-hydrogen) atoms. The highest BCUT2D eigenvalue weighted by molar-refractivity contribution is 6.09. The van der Waals surface area contributed by atoms with Crippen LogP contribution in [0.25, 0.3) is 0 Å². The number of carbonyl (C=O) groups is 1. The molecule has 0 spiro atoms. The molecule has 0 amide bonds. The molecule has 0 bridgehead atoms. The summed E-state index contributed by atoms with van der Waals surface area (Å²) >= 11 is 0. The highest BCUT2D eigenvalue weighted by atomic mass is 19.1. The van der Waals surface area contributed by atoms with E-state index in [9.17, 15) is 18.0 Å². The summed E-state index contributed by atoms with van der Waals surface area (Å²) in [5.41, 5.74) is -0.697. The summed E-state index contributed by atoms with van der Waals surface area (Å²) in [5, 5.41) is 0. The van der Waals surface area contributed by atoms with Crippen molar-refractivity contribution in [2.75, 3.05) is 6.61 Å². The second kappa shape index (κ2) is 6.43. The molecule has 2 rings (SSSR count). The Morgan fingerprint density at radius 1 is 1.10 bits per heavy atom. The second-order valence-electron chi connectivity index (χ2n) is 4.45. The van der Waals surface area contributed by atoms with Gasteiger partial charge in [-0.1, -0.05) is 19.1 Å². The molecule has 0 N–H and O–H groups in total. The van der Waals surface area contributed by atoms with E-state index in [0.29, 0.717) is 24.5 Å². The number of rotatable bonds is 5. The van der Waals surface area contributed by atoms with Crippen LogP contribution in [0.2, 0.25) is 0 Å². The van der Waals surface area contributed by atoms with E-state index in [1.807, 2.05) is 6.92 Å². The summed E-state index contributed by atoms with van der Waals surface area (Å²) in [6, 6.07) is 6.98. The molecule has 0 aliphatic rings. The molecule has 0 saturated heterocycles. The molecule has 110 valence electrons. The van der Waals surface area contributed by atoms with E-state index in [1.165, 1.54) is 12.1 Å². The predicted molar refractivity (Wildman–Crippen MR) is 72.0 cm³/mol. The number of ether oxygens (including phenoxy) is 1. The largest absolute Gasteiger partial charge is 0.494 e. The van der Waals surface area contributed by atoms with Crippen LogP contribution in [-0.2, 0) is 0 Å². The van der Waals surface area contributed by atoms with E-state index >= 15 is 0 Å². The van der Waals surface area contributed by atoms with Crippen LogP contribution in [0.1, 0.15) is 29.3 Å². The summed E-state index contributed by atoms with van der Waals surface area (Å²) in [6.07, 6.45) is 0.791. The van der Waals surface area contributed by atoms with Crippen molar-refractivity contribution in [3.8, 4) is 5.75 Å². The zero-order valence-corrected chi connectivity index (χ0v) is 11.3. The Morgan fingerprint density at radius 2 is 1.76 bits per heavy atom. The second-order valence-corrected chi connectivity index (χ2v) is 4.45. The van der Waals surface area contributed by atoms with E-state index in [4.69, 9.17) is 4.74 Å². The monoisotopic (exact) mass is 294 g/mol. The molecule has 2 aromatic carbocycles. The van der Waals surface area contributed by atoms with Gasteiger partial charge in [-0.05, 0) is 18.6 Å². The average molecular weight is 294 g/mol. The first kappa shape index (κ1) is 15.1. The van der Waals surface area contributed by atoms with Crippen molar-refractivity contribution in [3.05, 3.63) is 65.0 Å². The SMILES string of the molecule is CCCOc1cccc(C(=O)c2c(F)cc(F)cc2F)c1. The Bertz CT molecular complexity index is 645. The van der Waals surface area contributed by atoms with Crippen molar-refractivity contribution in [1.82, 2.24) is 0 Å². The molecule has 0 unspecified atom stereocenters. The van der Waals surface area contributed by atoms with Gasteiger partial charge in [-0.15, -0.1) is 0 Å². The number of benzene rings is 2. The average Bonchev–Trinajstić information content (AvgIpc) is 2.44. The van der Waals surface area contributed by atoms with E-state index in [1.54, 1.807) is 12.1 Å². The molecular weight excluding hydrogens is 281 g/mol. The Kier molecular flexibility index (Phi) is 4.62. The standard InChI is InChI=1S/C16H13F3O2/c1-2-6-21-12-5-3-4-10(7-12)16(20)15-13(18)8-11(17)9-14(15)19/h3-5,7-9H,2,6H2,1H3. The van der Waals surface area contributed by atoms with Gasteiger partial charge in [0.15, 0.2) is 5.78 Å². The minimum atomic E-state index is -1.22. The van der Waals surface area contributed by atoms with Gasteiger partial charge in [0.2, 0.25) is 0 Å². The summed E-state index contributed by atoms with van der Waals surface area (Å²) < 4.78 is 45.5. The lowest BCUT2D eigenvalue weighted by Gasteiger charge is -2.08. The molecule has 0 fully saturated rings. The molecule has 2 aromatic rings. The van der Waals surface area contributed by atoms with Crippen LogP contribution >= 0.6 is 0 Å². The summed E-state index contributed by atoms with van der Waals surface area (Å²) in [4.78, 5) is 12.2. The van der Waals surface area contributed by atoms with Crippen LogP contribution < -0.4 is 4.74 Å². The Hall–Kier alpha value is -2.30. The minimum absolute atomic E-state index is 0.0769. The lowest BCUT2D eigenvalue weighted by molar-refractivity contribution is 0.103. The van der Waals surface area contributed by atoms with Gasteiger partial charge in [-0.2, -0.15) is 0 Å². The molecule has 0 heterocycles. The van der Waals surface area contributed by atoms with Gasteiger partial charge in [0, 0.05) is 17.7 Å². The maximum Gasteiger partial charge on any atom is 0.199 e. The fourth-order valence-electron chi connectivity index (χ4n) is 1.85. The Morgan fingerprint density at radius 3 is 2.38 bits per heavy atom. The quantitative estimate of drug-likeness (QED) is 0.775. The first-order chi connectivity index (χ1) is 10.0. The van der Waals surface area contributed by atoms with Gasteiger partial charge in [0.25, 0.3) is 0 Å². The van der Waals surface area contributed by atoms with Crippen molar-refractivity contribution in [3.63, 3.8) is 0 Å². The van der Waals surface area contributed by atoms with Crippen molar-refractivity contribution in [1.29, 1.82) is 0 Å². The minimum Gasteiger partial charge on any atom is -0.494 e. The van der Waals surface area contributed by atoms with Crippen LogP contribution in [0.3, 0.4) is 0 Å². The smallest absolute Gasteiger partial charge is 0.199 e. The molecule has 0 atom stereocenters. The lowest BCUT2D eigenvalue weighted by atomic mass is 10.0. The number of carbonyl (C=O) groups excluding carboxylic acids is 1. The highest BCUT2D eigenvalue weighted by Crippen LogP contribution is 2.21. The molecule has 0 aromatic heterocycles. The van der Waals surface area contributed by atoms with Crippen molar-refractivity contribution in [2.45, 2.75) is 13.3 Å². The third kappa shape index (κ3) is 3.42. The first-order valence-corrected chi connectivity index (χ1v) is 6.45. The van der Waals surface area contributed by atoms with E-state index in [0.717, 1.165) is 6.42 Å².